The van der Waals surface area contributed by atoms with E-state index in [2.05, 4.69) is 199 Å². The van der Waals surface area contributed by atoms with Gasteiger partial charge in [0.05, 0.1) is 28.1 Å². The van der Waals surface area contributed by atoms with Crippen molar-refractivity contribution in [1.82, 2.24) is 14.5 Å². The van der Waals surface area contributed by atoms with Crippen molar-refractivity contribution in [2.45, 2.75) is 0 Å². The van der Waals surface area contributed by atoms with Gasteiger partial charge in [0.2, 0.25) is 0 Å². The Morgan fingerprint density at radius 1 is 0.379 bits per heavy atom. The second kappa shape index (κ2) is 12.9. The molecule has 0 atom stereocenters. The maximum Gasteiger partial charge on any atom is 0.161 e. The Hall–Kier alpha value is -7.82. The van der Waals surface area contributed by atoms with Crippen LogP contribution in [0.4, 0.5) is 0 Å². The summed E-state index contributed by atoms with van der Waals surface area (Å²) in [6.07, 6.45) is 0. The number of rotatable bonds is 5. The Balaban J connectivity index is 1.09. The van der Waals surface area contributed by atoms with E-state index < -0.39 is 0 Å². The van der Waals surface area contributed by atoms with Gasteiger partial charge in [0.15, 0.2) is 11.4 Å². The van der Waals surface area contributed by atoms with Gasteiger partial charge >= 0.3 is 0 Å². The summed E-state index contributed by atoms with van der Waals surface area (Å²) >= 11 is 0. The predicted molar refractivity (Wildman–Crippen MR) is 240 cm³/mol. The van der Waals surface area contributed by atoms with Crippen molar-refractivity contribution in [2.75, 3.05) is 0 Å². The fraction of sp³-hybridized carbons (Fsp3) is 0. The van der Waals surface area contributed by atoms with E-state index in [9.17, 15) is 0 Å². The van der Waals surface area contributed by atoms with Crippen LogP contribution in [0.15, 0.2) is 205 Å². The van der Waals surface area contributed by atoms with Crippen LogP contribution in [0.1, 0.15) is 0 Å². The van der Waals surface area contributed by atoms with Crippen LogP contribution in [0.5, 0.6) is 0 Å². The molecule has 9 aromatic carbocycles. The molecule has 0 N–H and O–H groups in total. The Bertz CT molecular complexity index is 3480. The minimum atomic E-state index is 0.650. The second-order valence-corrected chi connectivity index (χ2v) is 15.0. The smallest absolute Gasteiger partial charge is 0.161 e. The molecule has 12 aromatic rings. The minimum Gasteiger partial charge on any atom is -0.454 e. The molecule has 0 amide bonds. The van der Waals surface area contributed by atoms with E-state index in [1.165, 1.54) is 43.4 Å². The summed E-state index contributed by atoms with van der Waals surface area (Å²) < 4.78 is 9.29. The van der Waals surface area contributed by atoms with Crippen LogP contribution in [0.3, 0.4) is 0 Å². The first kappa shape index (κ1) is 32.4. The van der Waals surface area contributed by atoms with Gasteiger partial charge in [0, 0.05) is 38.2 Å². The summed E-state index contributed by atoms with van der Waals surface area (Å²) in [7, 11) is 0. The normalized spacial score (nSPS) is 11.8. The van der Waals surface area contributed by atoms with Crippen molar-refractivity contribution in [3.05, 3.63) is 200 Å². The average molecular weight is 740 g/mol. The van der Waals surface area contributed by atoms with Gasteiger partial charge < -0.3 is 8.98 Å². The molecule has 0 radical (unpaired) electrons. The molecule has 0 aliphatic carbocycles. The van der Waals surface area contributed by atoms with E-state index >= 15 is 0 Å². The van der Waals surface area contributed by atoms with E-state index in [-0.39, 0.29) is 0 Å². The van der Waals surface area contributed by atoms with Crippen LogP contribution >= 0.6 is 0 Å². The van der Waals surface area contributed by atoms with Gasteiger partial charge in [-0.1, -0.05) is 158 Å². The molecule has 4 nitrogen and oxygen atoms in total. The monoisotopic (exact) mass is 739 g/mol. The highest BCUT2D eigenvalue weighted by Gasteiger charge is 2.21. The molecule has 12 rings (SSSR count). The van der Waals surface area contributed by atoms with Gasteiger partial charge in [0.25, 0.3) is 0 Å². The van der Waals surface area contributed by atoms with Crippen LogP contribution in [0.25, 0.3) is 116 Å². The first-order valence-corrected chi connectivity index (χ1v) is 19.6. The van der Waals surface area contributed by atoms with Crippen LogP contribution in [-0.4, -0.2) is 14.5 Å². The number of para-hydroxylation sites is 2. The Morgan fingerprint density at radius 2 is 0.983 bits per heavy atom. The lowest BCUT2D eigenvalue weighted by molar-refractivity contribution is 0.666. The summed E-state index contributed by atoms with van der Waals surface area (Å²) in [5.41, 5.74) is 11.9. The van der Waals surface area contributed by atoms with E-state index in [1.807, 2.05) is 6.07 Å². The molecule has 0 spiro atoms. The zero-order chi connectivity index (χ0) is 38.2. The lowest BCUT2D eigenvalue weighted by atomic mass is 10.0. The number of hydrogen-bond acceptors (Lipinski definition) is 3. The minimum absolute atomic E-state index is 0.650. The molecule has 0 fully saturated rings. The van der Waals surface area contributed by atoms with E-state index in [1.54, 1.807) is 0 Å². The zero-order valence-corrected chi connectivity index (χ0v) is 31.3. The van der Waals surface area contributed by atoms with Crippen molar-refractivity contribution in [3.63, 3.8) is 0 Å². The molecule has 0 saturated heterocycles. The maximum absolute atomic E-state index is 6.93. The average Bonchev–Trinajstić information content (AvgIpc) is 3.84. The van der Waals surface area contributed by atoms with Crippen molar-refractivity contribution >= 4 is 65.3 Å². The van der Waals surface area contributed by atoms with E-state index in [4.69, 9.17) is 14.4 Å². The standard InChI is InChI=1S/C54H33N3O/c1-2-12-34(13-3-1)39-28-29-43-42-18-8-9-21-48(42)57(50(43)32-39)49-22-10-19-44-52-45(20-11-23-51(52)58-53(44)49)54-55-46(40-26-24-35-14-4-6-16-37(35)30-40)33-47(56-54)41-27-25-36-15-5-7-17-38(36)31-41/h1-33H. The highest BCUT2D eigenvalue weighted by molar-refractivity contribution is 6.16. The summed E-state index contributed by atoms with van der Waals surface area (Å²) in [5, 5.41) is 9.13. The quantitative estimate of drug-likeness (QED) is 0.177. The van der Waals surface area contributed by atoms with E-state index in [0.29, 0.717) is 5.82 Å². The Kier molecular flexibility index (Phi) is 7.20. The molecule has 0 unspecified atom stereocenters. The molecule has 58 heavy (non-hydrogen) atoms. The Labute approximate surface area is 333 Å². The summed E-state index contributed by atoms with van der Waals surface area (Å²) in [6.45, 7) is 0. The molecule has 0 aliphatic rings. The van der Waals surface area contributed by atoms with E-state index in [0.717, 1.165) is 66.7 Å². The van der Waals surface area contributed by atoms with Crippen molar-refractivity contribution in [2.24, 2.45) is 0 Å². The maximum atomic E-state index is 6.93. The third-order valence-corrected chi connectivity index (χ3v) is 11.6. The topological polar surface area (TPSA) is 43.9 Å². The van der Waals surface area contributed by atoms with Crippen LogP contribution < -0.4 is 0 Å². The lowest BCUT2D eigenvalue weighted by Crippen LogP contribution is -1.97. The molecular formula is C54H33N3O. The number of aromatic nitrogens is 3. The molecule has 4 heteroatoms. The largest absolute Gasteiger partial charge is 0.454 e. The lowest BCUT2D eigenvalue weighted by Gasteiger charge is -2.11. The molecule has 0 saturated carbocycles. The number of nitrogens with zero attached hydrogens (tertiary/aromatic N) is 3. The van der Waals surface area contributed by atoms with Crippen LogP contribution in [0, 0.1) is 0 Å². The van der Waals surface area contributed by atoms with Crippen molar-refractivity contribution in [1.29, 1.82) is 0 Å². The summed E-state index contributed by atoms with van der Waals surface area (Å²) in [5.74, 6) is 0.650. The summed E-state index contributed by atoms with van der Waals surface area (Å²) in [6, 6.07) is 70.8. The zero-order valence-electron chi connectivity index (χ0n) is 31.3. The first-order valence-electron chi connectivity index (χ1n) is 19.6. The fourth-order valence-corrected chi connectivity index (χ4v) is 8.80. The first-order chi connectivity index (χ1) is 28.7. The number of hydrogen-bond donors (Lipinski definition) is 0. The van der Waals surface area contributed by atoms with Crippen molar-refractivity contribution < 1.29 is 4.42 Å². The molecule has 0 bridgehead atoms. The van der Waals surface area contributed by atoms with Gasteiger partial charge in [0.1, 0.15) is 5.58 Å². The molecule has 3 heterocycles. The van der Waals surface area contributed by atoms with Crippen LogP contribution in [0.2, 0.25) is 0 Å². The fourth-order valence-electron chi connectivity index (χ4n) is 8.80. The van der Waals surface area contributed by atoms with Crippen LogP contribution in [-0.2, 0) is 0 Å². The van der Waals surface area contributed by atoms with Gasteiger partial charge in [-0.15, -0.1) is 0 Å². The molecular weight excluding hydrogens is 707 g/mol. The molecule has 0 aliphatic heterocycles. The number of benzene rings is 9. The van der Waals surface area contributed by atoms with Gasteiger partial charge in [-0.25, -0.2) is 9.97 Å². The second-order valence-electron chi connectivity index (χ2n) is 15.0. The SMILES string of the molecule is c1ccc(-c2ccc3c4ccccc4n(-c4cccc5c4oc4cccc(-c6nc(-c7ccc8ccccc8c7)cc(-c7ccc8ccccc8c7)n6)c45)c3c2)cc1. The van der Waals surface area contributed by atoms with Gasteiger partial charge in [-0.2, -0.15) is 0 Å². The number of fused-ring (bicyclic) bond motifs is 8. The third kappa shape index (κ3) is 5.16. The predicted octanol–water partition coefficient (Wildman–Crippen LogP) is 14.4. The highest BCUT2D eigenvalue weighted by atomic mass is 16.3. The molecule has 3 aromatic heterocycles. The summed E-state index contributed by atoms with van der Waals surface area (Å²) in [4.78, 5) is 10.7. The number of furan rings is 1. The van der Waals surface area contributed by atoms with Gasteiger partial charge in [-0.05, 0) is 75.1 Å². The third-order valence-electron chi connectivity index (χ3n) is 11.6. The highest BCUT2D eigenvalue weighted by Crippen LogP contribution is 2.42. The van der Waals surface area contributed by atoms with Gasteiger partial charge in [-0.3, -0.25) is 0 Å². The molecule has 270 valence electrons. The Morgan fingerprint density at radius 3 is 1.72 bits per heavy atom. The van der Waals surface area contributed by atoms with Crippen molar-refractivity contribution in [3.8, 4) is 50.7 Å².